The van der Waals surface area contributed by atoms with Crippen molar-refractivity contribution in [2.24, 2.45) is 0 Å². The van der Waals surface area contributed by atoms with Gasteiger partial charge in [0.05, 0.1) is 6.07 Å². The zero-order valence-electron chi connectivity index (χ0n) is 11.5. The maximum atomic E-state index is 9.22. The van der Waals surface area contributed by atoms with Crippen LogP contribution in [0.1, 0.15) is 33.6 Å². The van der Waals surface area contributed by atoms with E-state index in [1.165, 1.54) is 5.75 Å². The molecule has 0 unspecified atom stereocenters. The second kappa shape index (κ2) is 6.36. The molecule has 4 heteroatoms. The molecule has 2 nitrogen and oxygen atoms in total. The first kappa shape index (κ1) is 15.2. The molecule has 0 N–H and O–H groups in total. The van der Waals surface area contributed by atoms with Crippen LogP contribution in [0, 0.1) is 11.3 Å². The molecule has 17 heavy (non-hydrogen) atoms. The molecule has 0 spiro atoms. The third-order valence-corrected chi connectivity index (χ3v) is 5.73. The summed E-state index contributed by atoms with van der Waals surface area (Å²) in [6, 6.07) is 2.50. The molecule has 0 saturated carbocycles. The van der Waals surface area contributed by atoms with Crippen molar-refractivity contribution in [1.29, 1.82) is 5.26 Å². The highest BCUT2D eigenvalue weighted by atomic mass is 32.2. The van der Waals surface area contributed by atoms with Gasteiger partial charge >= 0.3 is 0 Å². The zero-order chi connectivity index (χ0) is 12.9. The smallest absolute Gasteiger partial charge is 0.104 e. The molecule has 0 radical (unpaired) electrons. The van der Waals surface area contributed by atoms with Crippen molar-refractivity contribution < 1.29 is 0 Å². The van der Waals surface area contributed by atoms with Crippen molar-refractivity contribution in [2.75, 3.05) is 31.6 Å². The highest BCUT2D eigenvalue weighted by molar-refractivity contribution is 8.00. The maximum Gasteiger partial charge on any atom is 0.104 e. The standard InChI is InChI=1S/C13H24N2S2/c1-12(2,3)17-10-9-15-7-5-13(11-14,16-4)6-8-15/h5-10H2,1-4H3. The third kappa shape index (κ3) is 5.11. The highest BCUT2D eigenvalue weighted by Crippen LogP contribution is 2.34. The van der Waals surface area contributed by atoms with E-state index in [2.05, 4.69) is 38.0 Å². The van der Waals surface area contributed by atoms with Crippen LogP contribution in [0.25, 0.3) is 0 Å². The molecule has 1 saturated heterocycles. The summed E-state index contributed by atoms with van der Waals surface area (Å²) in [5.74, 6) is 1.20. The molecule has 0 aromatic rings. The minimum absolute atomic E-state index is 0.104. The summed E-state index contributed by atoms with van der Waals surface area (Å²) in [7, 11) is 0. The Bertz CT molecular complexity index is 270. The number of hydrogen-bond acceptors (Lipinski definition) is 4. The molecule has 0 aliphatic carbocycles. The molecule has 0 atom stereocenters. The molecule has 1 rings (SSSR count). The minimum Gasteiger partial charge on any atom is -0.302 e. The Kier molecular flexibility index (Phi) is 5.69. The topological polar surface area (TPSA) is 27.0 Å². The van der Waals surface area contributed by atoms with E-state index in [0.29, 0.717) is 4.75 Å². The molecule has 0 bridgehead atoms. The average molecular weight is 272 g/mol. The van der Waals surface area contributed by atoms with Crippen LogP contribution in [-0.4, -0.2) is 46.0 Å². The van der Waals surface area contributed by atoms with Crippen LogP contribution in [0.5, 0.6) is 0 Å². The first-order valence-electron chi connectivity index (χ1n) is 6.23. The van der Waals surface area contributed by atoms with Gasteiger partial charge in [-0.05, 0) is 19.1 Å². The third-order valence-electron chi connectivity index (χ3n) is 3.20. The number of hydrogen-bond donors (Lipinski definition) is 0. The Morgan fingerprint density at radius 1 is 1.29 bits per heavy atom. The lowest BCUT2D eigenvalue weighted by Crippen LogP contribution is -2.42. The lowest BCUT2D eigenvalue weighted by atomic mass is 9.97. The molecule has 1 aliphatic rings. The van der Waals surface area contributed by atoms with Gasteiger partial charge < -0.3 is 4.90 Å². The zero-order valence-corrected chi connectivity index (χ0v) is 13.1. The van der Waals surface area contributed by atoms with Gasteiger partial charge in [-0.15, -0.1) is 11.8 Å². The van der Waals surface area contributed by atoms with Crippen molar-refractivity contribution in [3.63, 3.8) is 0 Å². The van der Waals surface area contributed by atoms with Crippen LogP contribution in [-0.2, 0) is 0 Å². The molecule has 98 valence electrons. The van der Waals surface area contributed by atoms with Crippen LogP contribution < -0.4 is 0 Å². The van der Waals surface area contributed by atoms with Crippen molar-refractivity contribution in [1.82, 2.24) is 4.90 Å². The molecule has 1 fully saturated rings. The van der Waals surface area contributed by atoms with Gasteiger partial charge in [-0.3, -0.25) is 0 Å². The van der Waals surface area contributed by atoms with Crippen LogP contribution in [0.4, 0.5) is 0 Å². The Hall–Kier alpha value is 0.150. The van der Waals surface area contributed by atoms with E-state index in [4.69, 9.17) is 0 Å². The molecule has 1 aliphatic heterocycles. The van der Waals surface area contributed by atoms with Crippen LogP contribution >= 0.6 is 23.5 Å². The molecule has 0 amide bonds. The summed E-state index contributed by atoms with van der Waals surface area (Å²) < 4.78 is 0.263. The van der Waals surface area contributed by atoms with E-state index in [9.17, 15) is 5.26 Å². The van der Waals surface area contributed by atoms with Crippen LogP contribution in [0.15, 0.2) is 0 Å². The fourth-order valence-corrected chi connectivity index (χ4v) is 3.62. The first-order chi connectivity index (χ1) is 7.91. The Labute approximate surface area is 115 Å². The Balaban J connectivity index is 2.26. The Morgan fingerprint density at radius 3 is 2.29 bits per heavy atom. The van der Waals surface area contributed by atoms with E-state index in [0.717, 1.165) is 32.5 Å². The van der Waals surface area contributed by atoms with Crippen LogP contribution in [0.2, 0.25) is 0 Å². The number of rotatable bonds is 4. The van der Waals surface area contributed by atoms with E-state index in [1.807, 2.05) is 11.8 Å². The predicted octanol–water partition coefficient (Wildman–Crippen LogP) is 3.24. The number of piperidine rings is 1. The second-order valence-corrected chi connectivity index (χ2v) is 8.72. The lowest BCUT2D eigenvalue weighted by molar-refractivity contribution is 0.229. The molecule has 0 aromatic heterocycles. The van der Waals surface area contributed by atoms with Gasteiger partial charge in [0.1, 0.15) is 4.75 Å². The van der Waals surface area contributed by atoms with Gasteiger partial charge in [-0.1, -0.05) is 20.8 Å². The van der Waals surface area contributed by atoms with Crippen molar-refractivity contribution in [3.8, 4) is 6.07 Å². The van der Waals surface area contributed by atoms with Gasteiger partial charge in [0.15, 0.2) is 0 Å². The summed E-state index contributed by atoms with van der Waals surface area (Å²) in [6.45, 7) is 10.1. The first-order valence-corrected chi connectivity index (χ1v) is 8.44. The molecule has 0 aromatic carbocycles. The Morgan fingerprint density at radius 2 is 1.88 bits per heavy atom. The number of likely N-dealkylation sites (tertiary alicyclic amines) is 1. The maximum absolute atomic E-state index is 9.22. The SMILES string of the molecule is CSC1(C#N)CCN(CCSC(C)(C)C)CC1. The monoisotopic (exact) mass is 272 g/mol. The number of nitriles is 1. The summed E-state index contributed by atoms with van der Waals surface area (Å²) in [4.78, 5) is 2.50. The van der Waals surface area contributed by atoms with Gasteiger partial charge in [-0.2, -0.15) is 17.0 Å². The summed E-state index contributed by atoms with van der Waals surface area (Å²) in [5.41, 5.74) is 0. The largest absolute Gasteiger partial charge is 0.302 e. The van der Waals surface area contributed by atoms with Gasteiger partial charge in [0.25, 0.3) is 0 Å². The van der Waals surface area contributed by atoms with E-state index in [-0.39, 0.29) is 4.75 Å². The van der Waals surface area contributed by atoms with E-state index >= 15 is 0 Å². The summed E-state index contributed by atoms with van der Waals surface area (Å²) in [5, 5.41) is 9.22. The van der Waals surface area contributed by atoms with Crippen molar-refractivity contribution in [2.45, 2.75) is 43.1 Å². The predicted molar refractivity (Wildman–Crippen MR) is 79.7 cm³/mol. The fraction of sp³-hybridized carbons (Fsp3) is 0.923. The van der Waals surface area contributed by atoms with Gasteiger partial charge in [0, 0.05) is 30.1 Å². The van der Waals surface area contributed by atoms with Gasteiger partial charge in [0.2, 0.25) is 0 Å². The number of thioether (sulfide) groups is 2. The number of nitrogens with zero attached hydrogens (tertiary/aromatic N) is 2. The normalized spacial score (nSPS) is 21.1. The van der Waals surface area contributed by atoms with Crippen molar-refractivity contribution in [3.05, 3.63) is 0 Å². The average Bonchev–Trinajstić information content (AvgIpc) is 2.29. The minimum atomic E-state index is -0.104. The van der Waals surface area contributed by atoms with Crippen molar-refractivity contribution >= 4 is 23.5 Å². The second-order valence-electron chi connectivity index (χ2n) is 5.61. The quantitative estimate of drug-likeness (QED) is 0.785. The van der Waals surface area contributed by atoms with Gasteiger partial charge in [-0.25, -0.2) is 0 Å². The summed E-state index contributed by atoms with van der Waals surface area (Å²) >= 11 is 3.76. The molecular formula is C13H24N2S2. The molecule has 1 heterocycles. The summed E-state index contributed by atoms with van der Waals surface area (Å²) in [6.07, 6.45) is 4.10. The van der Waals surface area contributed by atoms with Crippen LogP contribution in [0.3, 0.4) is 0 Å². The highest BCUT2D eigenvalue weighted by Gasteiger charge is 2.33. The fourth-order valence-electron chi connectivity index (χ4n) is 1.98. The van der Waals surface area contributed by atoms with E-state index in [1.54, 1.807) is 11.8 Å². The van der Waals surface area contributed by atoms with E-state index < -0.39 is 0 Å². The molecular weight excluding hydrogens is 248 g/mol. The lowest BCUT2D eigenvalue weighted by Gasteiger charge is -2.36.